The minimum absolute atomic E-state index is 0.114. The van der Waals surface area contributed by atoms with Gasteiger partial charge in [0.25, 0.3) is 0 Å². The lowest BCUT2D eigenvalue weighted by molar-refractivity contribution is -0.137. The smallest absolute Gasteiger partial charge is 0.305 e. The molecule has 4 nitrogen and oxygen atoms in total. The Hall–Kier alpha value is -1.36. The third kappa shape index (κ3) is 5.03. The van der Waals surface area contributed by atoms with Crippen molar-refractivity contribution in [3.8, 4) is 0 Å². The zero-order chi connectivity index (χ0) is 14.4. The van der Waals surface area contributed by atoms with E-state index in [0.717, 1.165) is 16.5 Å². The molecular formula is C14H18BrNO3. The minimum Gasteiger partial charge on any atom is -0.481 e. The summed E-state index contributed by atoms with van der Waals surface area (Å²) in [6.45, 7) is 3.75. The Bertz CT molecular complexity index is 445. The third-order valence-corrected chi connectivity index (χ3v) is 3.56. The highest BCUT2D eigenvalue weighted by Gasteiger charge is 2.20. The summed E-state index contributed by atoms with van der Waals surface area (Å²) in [5.41, 5.74) is 0.794. The van der Waals surface area contributed by atoms with Gasteiger partial charge in [-0.2, -0.15) is 0 Å². The van der Waals surface area contributed by atoms with Crippen molar-refractivity contribution in [2.45, 2.75) is 32.7 Å². The quantitative estimate of drug-likeness (QED) is 0.843. The number of halogens is 1. The fraction of sp³-hybridized carbons (Fsp3) is 0.429. The second kappa shape index (κ2) is 7.28. The predicted molar refractivity (Wildman–Crippen MR) is 76.7 cm³/mol. The molecule has 0 aliphatic heterocycles. The number of benzene rings is 1. The van der Waals surface area contributed by atoms with Crippen LogP contribution in [0.1, 0.15) is 38.3 Å². The molecule has 0 heterocycles. The molecule has 0 aliphatic carbocycles. The minimum atomic E-state index is -0.933. The van der Waals surface area contributed by atoms with E-state index < -0.39 is 12.0 Å². The lowest BCUT2D eigenvalue weighted by Crippen LogP contribution is -2.33. The van der Waals surface area contributed by atoms with Gasteiger partial charge in [0.15, 0.2) is 0 Å². The van der Waals surface area contributed by atoms with E-state index in [4.69, 9.17) is 5.11 Å². The molecule has 2 atom stereocenters. The van der Waals surface area contributed by atoms with Crippen LogP contribution >= 0.6 is 15.9 Å². The Balaban J connectivity index is 2.85. The third-order valence-electron chi connectivity index (χ3n) is 3.03. The van der Waals surface area contributed by atoms with Crippen molar-refractivity contribution in [1.29, 1.82) is 0 Å². The van der Waals surface area contributed by atoms with Crippen molar-refractivity contribution < 1.29 is 14.7 Å². The van der Waals surface area contributed by atoms with Gasteiger partial charge in [-0.1, -0.05) is 41.9 Å². The number of nitrogens with one attached hydrogen (secondary N) is 1. The fourth-order valence-corrected chi connectivity index (χ4v) is 1.89. The van der Waals surface area contributed by atoms with E-state index in [2.05, 4.69) is 21.2 Å². The molecule has 1 aromatic carbocycles. The van der Waals surface area contributed by atoms with Crippen LogP contribution in [0.2, 0.25) is 0 Å². The van der Waals surface area contributed by atoms with Crippen LogP contribution in [0.5, 0.6) is 0 Å². The summed E-state index contributed by atoms with van der Waals surface area (Å²) in [6.07, 6.45) is 0.607. The van der Waals surface area contributed by atoms with E-state index >= 15 is 0 Å². The van der Waals surface area contributed by atoms with Crippen LogP contribution in [0.4, 0.5) is 0 Å². The van der Waals surface area contributed by atoms with E-state index in [1.54, 1.807) is 0 Å². The zero-order valence-corrected chi connectivity index (χ0v) is 12.6. The molecule has 19 heavy (non-hydrogen) atoms. The maximum Gasteiger partial charge on any atom is 0.305 e. The average Bonchev–Trinajstić information content (AvgIpc) is 2.37. The molecular weight excluding hydrogens is 310 g/mol. The molecule has 1 amide bonds. The zero-order valence-electron chi connectivity index (χ0n) is 11.0. The number of rotatable bonds is 6. The summed E-state index contributed by atoms with van der Waals surface area (Å²) < 4.78 is 0.915. The van der Waals surface area contributed by atoms with Crippen LogP contribution in [-0.2, 0) is 9.59 Å². The van der Waals surface area contributed by atoms with Gasteiger partial charge in [-0.25, -0.2) is 0 Å². The molecule has 0 radical (unpaired) electrons. The largest absolute Gasteiger partial charge is 0.481 e. The SMILES string of the molecule is CCC(C)C(=O)NC(CC(=O)O)c1ccc(Br)cc1. The Morgan fingerprint density at radius 2 is 1.89 bits per heavy atom. The molecule has 104 valence electrons. The van der Waals surface area contributed by atoms with Gasteiger partial charge in [0, 0.05) is 10.4 Å². The van der Waals surface area contributed by atoms with Crippen molar-refractivity contribution in [3.05, 3.63) is 34.3 Å². The normalized spacial score (nSPS) is 13.6. The molecule has 0 saturated heterocycles. The van der Waals surface area contributed by atoms with Crippen LogP contribution in [0, 0.1) is 5.92 Å². The van der Waals surface area contributed by atoms with Crippen molar-refractivity contribution >= 4 is 27.8 Å². The van der Waals surface area contributed by atoms with E-state index in [9.17, 15) is 9.59 Å². The maximum atomic E-state index is 11.9. The Kier molecular flexibility index (Phi) is 6.02. The molecule has 2 unspecified atom stereocenters. The molecule has 0 aliphatic rings. The summed E-state index contributed by atoms with van der Waals surface area (Å²) in [5.74, 6) is -1.17. The lowest BCUT2D eigenvalue weighted by Gasteiger charge is -2.19. The van der Waals surface area contributed by atoms with Gasteiger partial charge in [0.2, 0.25) is 5.91 Å². The maximum absolute atomic E-state index is 11.9. The molecule has 0 aromatic heterocycles. The van der Waals surface area contributed by atoms with Crippen LogP contribution in [-0.4, -0.2) is 17.0 Å². The molecule has 2 N–H and O–H groups in total. The second-order valence-corrected chi connectivity index (χ2v) is 5.44. The van der Waals surface area contributed by atoms with E-state index in [1.165, 1.54) is 0 Å². The Labute approximate surface area is 121 Å². The van der Waals surface area contributed by atoms with Gasteiger partial charge in [-0.15, -0.1) is 0 Å². The summed E-state index contributed by atoms with van der Waals surface area (Å²) >= 11 is 3.33. The van der Waals surface area contributed by atoms with Gasteiger partial charge < -0.3 is 10.4 Å². The van der Waals surface area contributed by atoms with Crippen molar-refractivity contribution in [2.24, 2.45) is 5.92 Å². The van der Waals surface area contributed by atoms with Crippen molar-refractivity contribution in [3.63, 3.8) is 0 Å². The Morgan fingerprint density at radius 1 is 1.32 bits per heavy atom. The number of carboxylic acids is 1. The Morgan fingerprint density at radius 3 is 2.37 bits per heavy atom. The monoisotopic (exact) mass is 327 g/mol. The molecule has 5 heteroatoms. The van der Waals surface area contributed by atoms with Gasteiger partial charge in [0.05, 0.1) is 12.5 Å². The van der Waals surface area contributed by atoms with Gasteiger partial charge in [0.1, 0.15) is 0 Å². The molecule has 0 saturated carbocycles. The second-order valence-electron chi connectivity index (χ2n) is 4.52. The number of hydrogen-bond acceptors (Lipinski definition) is 2. The molecule has 0 spiro atoms. The van der Waals surface area contributed by atoms with E-state index in [0.29, 0.717) is 0 Å². The van der Waals surface area contributed by atoms with Gasteiger partial charge in [-0.05, 0) is 24.1 Å². The van der Waals surface area contributed by atoms with Crippen LogP contribution in [0.3, 0.4) is 0 Å². The number of amides is 1. The highest BCUT2D eigenvalue weighted by atomic mass is 79.9. The van der Waals surface area contributed by atoms with Gasteiger partial charge >= 0.3 is 5.97 Å². The fourth-order valence-electron chi connectivity index (χ4n) is 1.62. The molecule has 0 fully saturated rings. The summed E-state index contributed by atoms with van der Waals surface area (Å²) in [6, 6.07) is 6.80. The van der Waals surface area contributed by atoms with Crippen molar-refractivity contribution in [2.75, 3.05) is 0 Å². The summed E-state index contributed by atoms with van der Waals surface area (Å²) in [7, 11) is 0. The van der Waals surface area contributed by atoms with Gasteiger partial charge in [-0.3, -0.25) is 9.59 Å². The van der Waals surface area contributed by atoms with E-state index in [1.807, 2.05) is 38.1 Å². The number of carbonyl (C=O) groups is 2. The first-order valence-electron chi connectivity index (χ1n) is 6.21. The number of carbonyl (C=O) groups excluding carboxylic acids is 1. The lowest BCUT2D eigenvalue weighted by atomic mass is 10.0. The molecule has 1 aromatic rings. The molecule has 1 rings (SSSR count). The summed E-state index contributed by atoms with van der Waals surface area (Å²) in [4.78, 5) is 22.8. The number of aliphatic carboxylic acids is 1. The molecule has 0 bridgehead atoms. The first-order chi connectivity index (χ1) is 8.93. The first-order valence-corrected chi connectivity index (χ1v) is 7.01. The average molecular weight is 328 g/mol. The van der Waals surface area contributed by atoms with Crippen LogP contribution < -0.4 is 5.32 Å². The highest BCUT2D eigenvalue weighted by molar-refractivity contribution is 9.10. The standard InChI is InChI=1S/C14H18BrNO3/c1-3-9(2)14(19)16-12(8-13(17)18)10-4-6-11(15)7-5-10/h4-7,9,12H,3,8H2,1-2H3,(H,16,19)(H,17,18). The van der Waals surface area contributed by atoms with Crippen LogP contribution in [0.25, 0.3) is 0 Å². The highest BCUT2D eigenvalue weighted by Crippen LogP contribution is 2.20. The topological polar surface area (TPSA) is 66.4 Å². The van der Waals surface area contributed by atoms with E-state index in [-0.39, 0.29) is 18.2 Å². The van der Waals surface area contributed by atoms with Crippen molar-refractivity contribution in [1.82, 2.24) is 5.32 Å². The number of hydrogen-bond donors (Lipinski definition) is 2. The summed E-state index contributed by atoms with van der Waals surface area (Å²) in [5, 5.41) is 11.7. The first kappa shape index (κ1) is 15.7. The van der Waals surface area contributed by atoms with Crippen LogP contribution in [0.15, 0.2) is 28.7 Å². The predicted octanol–water partition coefficient (Wildman–Crippen LogP) is 3.13. The number of carboxylic acid groups (broad SMARTS) is 1.